The van der Waals surface area contributed by atoms with Crippen LogP contribution in [-0.2, 0) is 9.59 Å². The number of amides is 2. The van der Waals surface area contributed by atoms with Gasteiger partial charge in [0.15, 0.2) is 10.9 Å². The van der Waals surface area contributed by atoms with E-state index in [2.05, 4.69) is 5.32 Å². The first-order valence-corrected chi connectivity index (χ1v) is 11.6. The number of nitrogens with zero attached hydrogens (tertiary/aromatic N) is 2. The molecule has 4 rings (SSSR count). The van der Waals surface area contributed by atoms with Gasteiger partial charge in [0.1, 0.15) is 5.75 Å². The van der Waals surface area contributed by atoms with Crippen molar-refractivity contribution < 1.29 is 14.3 Å². The second-order valence-corrected chi connectivity index (χ2v) is 9.37. The Morgan fingerprint density at radius 2 is 1.64 bits per heavy atom. The summed E-state index contributed by atoms with van der Waals surface area (Å²) in [7, 11) is 0. The summed E-state index contributed by atoms with van der Waals surface area (Å²) in [5, 5.41) is 4.33. The Kier molecular flexibility index (Phi) is 6.67. The Labute approximate surface area is 202 Å². The number of rotatable bonds is 6. The van der Waals surface area contributed by atoms with Crippen LogP contribution >= 0.6 is 24.0 Å². The summed E-state index contributed by atoms with van der Waals surface area (Å²) < 4.78 is 7.91. The molecule has 3 aromatic rings. The van der Waals surface area contributed by atoms with Crippen molar-refractivity contribution in [1.29, 1.82) is 0 Å². The molecule has 1 N–H and O–H groups in total. The van der Waals surface area contributed by atoms with Crippen LogP contribution in [0.4, 0.5) is 5.69 Å². The van der Waals surface area contributed by atoms with E-state index in [0.717, 1.165) is 28.2 Å². The fourth-order valence-corrected chi connectivity index (χ4v) is 4.64. The fraction of sp³-hybridized carbons (Fsp3) is 0.160. The summed E-state index contributed by atoms with van der Waals surface area (Å²) >= 11 is 6.74. The highest BCUT2D eigenvalue weighted by molar-refractivity contribution is 8.27. The highest BCUT2D eigenvalue weighted by atomic mass is 32.2. The Hall–Kier alpha value is -3.36. The van der Waals surface area contributed by atoms with Crippen molar-refractivity contribution in [2.45, 2.75) is 20.8 Å². The van der Waals surface area contributed by atoms with Gasteiger partial charge in [0.05, 0.1) is 4.91 Å². The van der Waals surface area contributed by atoms with Crippen LogP contribution in [0.5, 0.6) is 5.75 Å². The highest BCUT2D eigenvalue weighted by Crippen LogP contribution is 2.33. The molecule has 0 atom stereocenters. The van der Waals surface area contributed by atoms with Gasteiger partial charge in [-0.25, -0.2) is 0 Å². The predicted molar refractivity (Wildman–Crippen MR) is 137 cm³/mol. The summed E-state index contributed by atoms with van der Waals surface area (Å²) in [6, 6.07) is 18.7. The number of benzene rings is 2. The van der Waals surface area contributed by atoms with Crippen LogP contribution in [0.15, 0.2) is 65.6 Å². The van der Waals surface area contributed by atoms with Crippen molar-refractivity contribution >= 4 is 51.9 Å². The molecule has 2 amide bonds. The lowest BCUT2D eigenvalue weighted by Crippen LogP contribution is -2.39. The van der Waals surface area contributed by atoms with Crippen molar-refractivity contribution in [3.8, 4) is 5.75 Å². The van der Waals surface area contributed by atoms with Gasteiger partial charge in [-0.3, -0.25) is 14.3 Å². The number of carbonyl (C=O) groups is 2. The molecule has 2 heterocycles. The minimum absolute atomic E-state index is 0.0958. The van der Waals surface area contributed by atoms with E-state index >= 15 is 0 Å². The lowest BCUT2D eigenvalue weighted by Gasteiger charge is -2.20. The number of nitrogens with one attached hydrogen (secondary N) is 1. The molecule has 1 aromatic heterocycles. The molecule has 1 aliphatic rings. The van der Waals surface area contributed by atoms with Crippen molar-refractivity contribution in [3.05, 3.63) is 88.1 Å². The number of hydrogen-bond donors (Lipinski definition) is 1. The average molecular weight is 478 g/mol. The Bertz CT molecular complexity index is 1230. The van der Waals surface area contributed by atoms with Gasteiger partial charge in [-0.1, -0.05) is 41.6 Å². The molecule has 0 spiro atoms. The summed E-state index contributed by atoms with van der Waals surface area (Å²) in [4.78, 5) is 25.7. The van der Waals surface area contributed by atoms with E-state index in [1.807, 2.05) is 74.0 Å². The van der Waals surface area contributed by atoms with Gasteiger partial charge in [-0.05, 0) is 81.0 Å². The van der Waals surface area contributed by atoms with Crippen LogP contribution in [0.3, 0.4) is 0 Å². The zero-order valence-corrected chi connectivity index (χ0v) is 20.1. The third kappa shape index (κ3) is 5.18. The van der Waals surface area contributed by atoms with Gasteiger partial charge < -0.3 is 10.1 Å². The summed E-state index contributed by atoms with van der Waals surface area (Å²) in [6.45, 7) is 5.77. The number of hydrogen-bond acceptors (Lipinski definition) is 5. The third-order valence-corrected chi connectivity index (χ3v) is 6.37. The first-order valence-electron chi connectivity index (χ1n) is 10.3. The van der Waals surface area contributed by atoms with E-state index in [4.69, 9.17) is 17.0 Å². The lowest BCUT2D eigenvalue weighted by molar-refractivity contribution is -0.118. The first-order chi connectivity index (χ1) is 15.8. The zero-order chi connectivity index (χ0) is 23.5. The molecule has 8 heteroatoms. The smallest absolute Gasteiger partial charge is 0.285 e. The van der Waals surface area contributed by atoms with Crippen LogP contribution in [0.2, 0.25) is 0 Å². The fourth-order valence-electron chi connectivity index (χ4n) is 3.40. The van der Waals surface area contributed by atoms with Crippen LogP contribution in [0, 0.1) is 20.8 Å². The first kappa shape index (κ1) is 22.8. The third-order valence-electron chi connectivity index (χ3n) is 5.09. The van der Waals surface area contributed by atoms with Crippen LogP contribution < -0.4 is 15.1 Å². The second kappa shape index (κ2) is 9.64. The highest BCUT2D eigenvalue weighted by Gasteiger charge is 2.34. The van der Waals surface area contributed by atoms with E-state index in [-0.39, 0.29) is 18.4 Å². The Balaban J connectivity index is 1.38. The molecule has 1 saturated heterocycles. The minimum atomic E-state index is -0.234. The van der Waals surface area contributed by atoms with E-state index in [9.17, 15) is 9.59 Å². The van der Waals surface area contributed by atoms with Crippen LogP contribution in [-0.4, -0.2) is 27.4 Å². The van der Waals surface area contributed by atoms with Crippen molar-refractivity contribution in [2.75, 3.05) is 16.9 Å². The number of carbonyl (C=O) groups excluding carboxylic acids is 2. The van der Waals surface area contributed by atoms with Crippen LogP contribution in [0.1, 0.15) is 22.5 Å². The number of aryl methyl sites for hydroxylation is 3. The van der Waals surface area contributed by atoms with Crippen molar-refractivity contribution in [1.82, 2.24) is 4.68 Å². The molecule has 168 valence electrons. The molecular formula is C25H23N3O3S2. The van der Waals surface area contributed by atoms with Gasteiger partial charge in [-0.15, -0.1) is 0 Å². The number of anilines is 1. The molecule has 0 radical (unpaired) electrons. The normalized spacial score (nSPS) is 14.8. The molecule has 6 nitrogen and oxygen atoms in total. The van der Waals surface area contributed by atoms with Gasteiger partial charge in [0, 0.05) is 17.1 Å². The lowest BCUT2D eigenvalue weighted by atomic mass is 10.2. The predicted octanol–water partition coefficient (Wildman–Crippen LogP) is 4.97. The van der Waals surface area contributed by atoms with Gasteiger partial charge in [0.25, 0.3) is 11.8 Å². The van der Waals surface area contributed by atoms with Gasteiger partial charge in [0.2, 0.25) is 0 Å². The number of ether oxygens (including phenoxy) is 1. The zero-order valence-electron chi connectivity index (χ0n) is 18.5. The number of thioether (sulfide) groups is 1. The number of thiocarbonyl (C=S) groups is 1. The van der Waals surface area contributed by atoms with Crippen molar-refractivity contribution in [3.63, 3.8) is 0 Å². The maximum absolute atomic E-state index is 13.0. The molecule has 1 aliphatic heterocycles. The molecule has 2 aromatic carbocycles. The molecule has 0 aliphatic carbocycles. The Morgan fingerprint density at radius 1 is 1.00 bits per heavy atom. The molecule has 0 bridgehead atoms. The topological polar surface area (TPSA) is 63.6 Å². The maximum atomic E-state index is 13.0. The molecular weight excluding hydrogens is 454 g/mol. The van der Waals surface area contributed by atoms with E-state index in [0.29, 0.717) is 15.0 Å². The largest absolute Gasteiger partial charge is 0.484 e. The van der Waals surface area contributed by atoms with E-state index in [1.54, 1.807) is 18.2 Å². The molecule has 33 heavy (non-hydrogen) atoms. The van der Waals surface area contributed by atoms with Crippen molar-refractivity contribution in [2.24, 2.45) is 0 Å². The average Bonchev–Trinajstić information content (AvgIpc) is 3.26. The maximum Gasteiger partial charge on any atom is 0.285 e. The van der Waals surface area contributed by atoms with E-state index < -0.39 is 0 Å². The Morgan fingerprint density at radius 3 is 2.27 bits per heavy atom. The molecule has 0 saturated carbocycles. The minimum Gasteiger partial charge on any atom is -0.484 e. The molecule has 1 fully saturated rings. The summed E-state index contributed by atoms with van der Waals surface area (Å²) in [5.74, 6) is 0.181. The summed E-state index contributed by atoms with van der Waals surface area (Å²) in [6.07, 6.45) is 1.81. The second-order valence-electron chi connectivity index (χ2n) is 7.69. The van der Waals surface area contributed by atoms with Crippen LogP contribution in [0.25, 0.3) is 6.08 Å². The van der Waals surface area contributed by atoms with E-state index in [1.165, 1.54) is 16.8 Å². The molecule has 0 unspecified atom stereocenters. The summed E-state index contributed by atoms with van der Waals surface area (Å²) in [5.41, 5.74) is 4.58. The van der Waals surface area contributed by atoms with Gasteiger partial charge >= 0.3 is 0 Å². The van der Waals surface area contributed by atoms with Gasteiger partial charge in [-0.2, -0.15) is 5.01 Å². The monoisotopic (exact) mass is 477 g/mol. The standard InChI is InChI=1S/C25H23N3O3S2/c1-16-4-10-20(11-5-16)26-23(29)15-31-21-12-8-19(9-13-21)14-22-24(30)28(25(32)33-22)27-17(2)6-7-18(27)3/h4-14H,15H2,1-3H3,(H,26,29)/b22-14-. The quantitative estimate of drug-likeness (QED) is 0.401. The number of aromatic nitrogens is 1. The SMILES string of the molecule is Cc1ccc(NC(=O)COc2ccc(/C=C3\SC(=S)N(n4c(C)ccc4C)C3=O)cc2)cc1.